The van der Waals surface area contributed by atoms with Gasteiger partial charge in [-0.05, 0) is 0 Å². The van der Waals surface area contributed by atoms with Crippen LogP contribution in [-0.4, -0.2) is 30.4 Å². The maximum atomic E-state index is 10.4. The van der Waals surface area contributed by atoms with Gasteiger partial charge in [-0.1, -0.05) is 12.2 Å². The first-order valence-electron chi connectivity index (χ1n) is 2.95. The Kier molecular flexibility index (Phi) is 7.79. The van der Waals surface area contributed by atoms with Crippen LogP contribution in [0.2, 0.25) is 0 Å². The Bertz CT molecular complexity index is 227. The van der Waals surface area contributed by atoms with Crippen LogP contribution < -0.4 is 18.9 Å². The molecule has 0 saturated heterocycles. The molecule has 0 aromatic rings. The van der Waals surface area contributed by atoms with Gasteiger partial charge in [-0.25, -0.2) is 12.7 Å². The molecule has 0 amide bonds. The summed E-state index contributed by atoms with van der Waals surface area (Å²) in [5.41, 5.74) is 0. The first kappa shape index (κ1) is 14.5. The molecule has 0 aliphatic heterocycles. The molecule has 0 fully saturated rings. The summed E-state index contributed by atoms with van der Waals surface area (Å²) in [6, 6.07) is 0. The van der Waals surface area contributed by atoms with E-state index in [0.717, 1.165) is 4.31 Å². The Morgan fingerprint density at radius 3 is 1.75 bits per heavy atom. The Labute approximate surface area is 85.0 Å². The van der Waals surface area contributed by atoms with E-state index in [1.165, 1.54) is 12.2 Å². The van der Waals surface area contributed by atoms with Gasteiger partial charge in [0.25, 0.3) is 0 Å². The summed E-state index contributed by atoms with van der Waals surface area (Å²) in [6.45, 7) is 6.69. The van der Waals surface area contributed by atoms with Gasteiger partial charge in [-0.15, -0.1) is 13.2 Å². The second-order valence-corrected chi connectivity index (χ2v) is 3.22. The fraction of sp³-hybridized carbons (Fsp3) is 0.333. The van der Waals surface area contributed by atoms with Crippen molar-refractivity contribution in [1.82, 2.24) is 4.31 Å². The van der Waals surface area contributed by atoms with E-state index >= 15 is 0 Å². The van der Waals surface area contributed by atoms with Crippen molar-refractivity contribution >= 4 is 10.3 Å². The normalized spacial score (nSPS) is 10.5. The van der Waals surface area contributed by atoms with Crippen molar-refractivity contribution in [1.29, 1.82) is 0 Å². The van der Waals surface area contributed by atoms with Gasteiger partial charge < -0.3 is 4.55 Å². The van der Waals surface area contributed by atoms with E-state index in [-0.39, 0.29) is 32.0 Å². The van der Waals surface area contributed by atoms with Gasteiger partial charge in [0.05, 0.1) is 0 Å². The van der Waals surface area contributed by atoms with Crippen LogP contribution >= 0.6 is 0 Å². The van der Waals surface area contributed by atoms with Gasteiger partial charge in [0.15, 0.2) is 10.3 Å². The van der Waals surface area contributed by atoms with E-state index in [2.05, 4.69) is 13.2 Å². The smallest absolute Gasteiger partial charge is 0.735 e. The minimum absolute atomic E-state index is 0. The topological polar surface area (TPSA) is 60.4 Å². The van der Waals surface area contributed by atoms with Crippen molar-refractivity contribution in [3.63, 3.8) is 0 Å². The first-order chi connectivity index (χ1) is 5.02. The summed E-state index contributed by atoms with van der Waals surface area (Å²) in [7, 11) is -4.35. The molecular formula is C6H10LiNO3S. The van der Waals surface area contributed by atoms with Crippen LogP contribution in [0.15, 0.2) is 25.3 Å². The van der Waals surface area contributed by atoms with Gasteiger partial charge in [0.1, 0.15) is 0 Å². The molecule has 6 heteroatoms. The molecule has 0 heterocycles. The van der Waals surface area contributed by atoms with Crippen LogP contribution in [0.5, 0.6) is 0 Å². The summed E-state index contributed by atoms with van der Waals surface area (Å²) in [4.78, 5) is 0. The predicted molar refractivity (Wildman–Crippen MR) is 41.7 cm³/mol. The third-order valence-corrected chi connectivity index (χ3v) is 1.91. The van der Waals surface area contributed by atoms with Crippen LogP contribution in [-0.2, 0) is 10.3 Å². The van der Waals surface area contributed by atoms with Gasteiger partial charge >= 0.3 is 18.9 Å². The zero-order valence-corrected chi connectivity index (χ0v) is 7.88. The quantitative estimate of drug-likeness (QED) is 0.261. The Morgan fingerprint density at radius 1 is 1.25 bits per heavy atom. The van der Waals surface area contributed by atoms with Crippen molar-refractivity contribution < 1.29 is 31.8 Å². The molecule has 0 aromatic carbocycles. The molecule has 0 bridgehead atoms. The molecule has 0 rings (SSSR count). The molecule has 0 atom stereocenters. The van der Waals surface area contributed by atoms with E-state index < -0.39 is 10.3 Å². The van der Waals surface area contributed by atoms with Crippen LogP contribution in [0.25, 0.3) is 0 Å². The Balaban J connectivity index is 0. The van der Waals surface area contributed by atoms with E-state index in [1.807, 2.05) is 0 Å². The molecule has 0 N–H and O–H groups in total. The summed E-state index contributed by atoms with van der Waals surface area (Å²) < 4.78 is 31.9. The third-order valence-electron chi connectivity index (χ3n) is 0.982. The molecule has 0 spiro atoms. The van der Waals surface area contributed by atoms with Gasteiger partial charge in [0, 0.05) is 13.1 Å². The molecule has 4 nitrogen and oxygen atoms in total. The van der Waals surface area contributed by atoms with Crippen molar-refractivity contribution in [3.8, 4) is 0 Å². The maximum Gasteiger partial charge on any atom is 1.00 e. The molecular weight excluding hydrogens is 173 g/mol. The second-order valence-electron chi connectivity index (χ2n) is 1.85. The molecule has 0 aliphatic carbocycles. The van der Waals surface area contributed by atoms with Crippen LogP contribution in [0.1, 0.15) is 0 Å². The molecule has 0 unspecified atom stereocenters. The minimum atomic E-state index is -4.35. The molecule has 12 heavy (non-hydrogen) atoms. The number of rotatable bonds is 5. The van der Waals surface area contributed by atoms with Crippen LogP contribution in [0.3, 0.4) is 0 Å². The summed E-state index contributed by atoms with van der Waals surface area (Å²) in [5, 5.41) is 0. The monoisotopic (exact) mass is 183 g/mol. The van der Waals surface area contributed by atoms with Crippen molar-refractivity contribution in [3.05, 3.63) is 25.3 Å². The fourth-order valence-corrected chi connectivity index (χ4v) is 1.12. The Morgan fingerprint density at radius 2 is 1.58 bits per heavy atom. The number of hydrogen-bond acceptors (Lipinski definition) is 3. The average Bonchev–Trinajstić information content (AvgIpc) is 1.85. The molecule has 0 aromatic heterocycles. The molecule has 0 saturated carbocycles. The second kappa shape index (κ2) is 6.46. The largest absolute Gasteiger partial charge is 1.00 e. The maximum absolute atomic E-state index is 10.4. The van der Waals surface area contributed by atoms with Crippen molar-refractivity contribution in [2.45, 2.75) is 0 Å². The van der Waals surface area contributed by atoms with E-state index in [9.17, 15) is 13.0 Å². The van der Waals surface area contributed by atoms with Crippen molar-refractivity contribution in [2.24, 2.45) is 0 Å². The molecule has 0 aliphatic rings. The average molecular weight is 183 g/mol. The zero-order chi connectivity index (χ0) is 8.91. The number of hydrogen-bond donors (Lipinski definition) is 0. The van der Waals surface area contributed by atoms with Gasteiger partial charge in [0.2, 0.25) is 0 Å². The standard InChI is InChI=1S/C6H11NO3S.Li/c1-3-5-7(6-4-2)11(8,9)10;/h3-4H,1-2,5-6H2,(H,8,9,10);/q;+1/p-1. The fourth-order valence-electron chi connectivity index (χ4n) is 0.545. The Hall–Kier alpha value is -0.0526. The van der Waals surface area contributed by atoms with E-state index in [0.29, 0.717) is 0 Å². The van der Waals surface area contributed by atoms with Crippen LogP contribution in [0, 0.1) is 0 Å². The van der Waals surface area contributed by atoms with Gasteiger partial charge in [-0.2, -0.15) is 0 Å². The van der Waals surface area contributed by atoms with E-state index in [4.69, 9.17) is 0 Å². The zero-order valence-electron chi connectivity index (χ0n) is 7.06. The number of nitrogens with zero attached hydrogens (tertiary/aromatic N) is 1. The van der Waals surface area contributed by atoms with E-state index in [1.54, 1.807) is 0 Å². The minimum Gasteiger partial charge on any atom is -0.735 e. The summed E-state index contributed by atoms with van der Waals surface area (Å²) in [6.07, 6.45) is 2.69. The van der Waals surface area contributed by atoms with Crippen LogP contribution in [0.4, 0.5) is 0 Å². The summed E-state index contributed by atoms with van der Waals surface area (Å²) >= 11 is 0. The SMILES string of the molecule is C=CCN(CC=C)S(=O)(=O)[O-].[Li+]. The first-order valence-corrected chi connectivity index (χ1v) is 4.31. The molecule has 64 valence electrons. The third kappa shape index (κ3) is 5.58. The van der Waals surface area contributed by atoms with Gasteiger partial charge in [-0.3, -0.25) is 0 Å². The summed E-state index contributed by atoms with van der Waals surface area (Å²) in [5.74, 6) is 0. The van der Waals surface area contributed by atoms with Crippen molar-refractivity contribution in [2.75, 3.05) is 13.1 Å². The predicted octanol–water partition coefficient (Wildman–Crippen LogP) is -2.88. The molecule has 0 radical (unpaired) electrons.